The Balaban J connectivity index is 1.45. The molecule has 0 aliphatic heterocycles. The molecule has 1 saturated carbocycles. The molecule has 1 aliphatic rings. The van der Waals surface area contributed by atoms with Gasteiger partial charge >= 0.3 is 5.97 Å². The maximum atomic E-state index is 12.3. The number of thioether (sulfide) groups is 2. The first-order chi connectivity index (χ1) is 15.1. The summed E-state index contributed by atoms with van der Waals surface area (Å²) < 4.78 is 4.63. The number of esters is 1. The molecule has 0 spiro atoms. The third-order valence-corrected chi connectivity index (χ3v) is 7.96. The van der Waals surface area contributed by atoms with Crippen LogP contribution in [0.2, 0.25) is 0 Å². The minimum atomic E-state index is -0.558. The Morgan fingerprint density at radius 3 is 2.84 bits per heavy atom. The molecule has 166 valence electrons. The van der Waals surface area contributed by atoms with Crippen molar-refractivity contribution in [1.82, 2.24) is 0 Å². The molecular formula is C25H30O4S2. The predicted molar refractivity (Wildman–Crippen MR) is 131 cm³/mol. The van der Waals surface area contributed by atoms with Crippen molar-refractivity contribution in [3.63, 3.8) is 0 Å². The number of rotatable bonds is 11. The van der Waals surface area contributed by atoms with Crippen molar-refractivity contribution < 1.29 is 19.4 Å². The lowest BCUT2D eigenvalue weighted by atomic mass is 10.0. The first-order valence-corrected chi connectivity index (χ1v) is 12.9. The van der Waals surface area contributed by atoms with Crippen LogP contribution in [-0.2, 0) is 20.7 Å². The number of allylic oxidation sites excluding steroid dienone is 1. The highest BCUT2D eigenvalue weighted by Gasteiger charge is 2.33. The molecule has 0 saturated heterocycles. The zero-order chi connectivity index (χ0) is 22.1. The Labute approximate surface area is 192 Å². The average molecular weight is 459 g/mol. The molecule has 0 aromatic heterocycles. The zero-order valence-electron chi connectivity index (χ0n) is 17.9. The lowest BCUT2D eigenvalue weighted by Gasteiger charge is -2.15. The normalized spacial score (nSPS) is 19.9. The molecule has 0 bridgehead atoms. The fraction of sp³-hybridized carbons (Fsp3) is 0.440. The summed E-state index contributed by atoms with van der Waals surface area (Å²) in [4.78, 5) is 23.4. The van der Waals surface area contributed by atoms with Crippen LogP contribution in [0.1, 0.15) is 24.8 Å². The standard InChI is InChI=1S/C25H30O4S2/c1-29-24(28)17-30-13-4-14-31-25-20(10-12-23(25)27)9-11-22(26)16-18-7-8-19-5-2-3-6-21(19)15-18/h2-3,5-9,11,15,20,22,25-26H,4,10,12-14,16-17H2,1H3/t20-,22?,25-/m1/s1. The van der Waals surface area contributed by atoms with Gasteiger partial charge in [-0.3, -0.25) is 9.59 Å². The minimum Gasteiger partial charge on any atom is -0.468 e. The van der Waals surface area contributed by atoms with Crippen molar-refractivity contribution in [2.45, 2.75) is 37.0 Å². The molecule has 4 nitrogen and oxygen atoms in total. The van der Waals surface area contributed by atoms with Crippen LogP contribution in [0.4, 0.5) is 0 Å². The van der Waals surface area contributed by atoms with Gasteiger partial charge in [0.25, 0.3) is 0 Å². The predicted octanol–water partition coefficient (Wildman–Crippen LogP) is 4.68. The largest absolute Gasteiger partial charge is 0.468 e. The van der Waals surface area contributed by atoms with E-state index in [2.05, 4.69) is 35.1 Å². The monoisotopic (exact) mass is 458 g/mol. The Morgan fingerprint density at radius 1 is 1.23 bits per heavy atom. The van der Waals surface area contributed by atoms with Gasteiger partial charge in [0.05, 0.1) is 24.2 Å². The Bertz CT molecular complexity index is 911. The summed E-state index contributed by atoms with van der Waals surface area (Å²) in [5, 5.41) is 12.9. The quantitative estimate of drug-likeness (QED) is 0.300. The molecule has 1 N–H and O–H groups in total. The van der Waals surface area contributed by atoms with Crippen molar-refractivity contribution in [3.05, 3.63) is 60.2 Å². The Morgan fingerprint density at radius 2 is 2.03 bits per heavy atom. The second-order valence-electron chi connectivity index (χ2n) is 7.78. The fourth-order valence-corrected chi connectivity index (χ4v) is 6.09. The van der Waals surface area contributed by atoms with Gasteiger partial charge in [-0.2, -0.15) is 11.8 Å². The summed E-state index contributed by atoms with van der Waals surface area (Å²) in [5.74, 6) is 2.46. The van der Waals surface area contributed by atoms with Crippen molar-refractivity contribution >= 4 is 46.0 Å². The van der Waals surface area contributed by atoms with E-state index in [9.17, 15) is 14.7 Å². The molecule has 1 fully saturated rings. The molecule has 31 heavy (non-hydrogen) atoms. The summed E-state index contributed by atoms with van der Waals surface area (Å²) in [5.41, 5.74) is 1.11. The van der Waals surface area contributed by atoms with Crippen molar-refractivity contribution in [2.75, 3.05) is 24.4 Å². The Hall–Kier alpha value is -1.76. The molecule has 6 heteroatoms. The molecule has 0 heterocycles. The van der Waals surface area contributed by atoms with Gasteiger partial charge in [-0.25, -0.2) is 0 Å². The topological polar surface area (TPSA) is 63.6 Å². The number of ether oxygens (including phenoxy) is 1. The van der Waals surface area contributed by atoms with Crippen LogP contribution in [0.5, 0.6) is 0 Å². The SMILES string of the molecule is COC(=O)CSCCCS[C@H]1C(=O)CC[C@H]1C=CC(O)Cc1ccc2ccccc2c1. The molecule has 0 amide bonds. The smallest absolute Gasteiger partial charge is 0.315 e. The second-order valence-corrected chi connectivity index (χ2v) is 10.1. The van der Waals surface area contributed by atoms with Crippen LogP contribution < -0.4 is 0 Å². The van der Waals surface area contributed by atoms with E-state index in [-0.39, 0.29) is 17.1 Å². The number of aliphatic hydroxyl groups is 1. The van der Waals surface area contributed by atoms with E-state index in [0.717, 1.165) is 29.9 Å². The van der Waals surface area contributed by atoms with Gasteiger partial charge in [0.1, 0.15) is 5.78 Å². The van der Waals surface area contributed by atoms with E-state index in [1.807, 2.05) is 24.3 Å². The van der Waals surface area contributed by atoms with Gasteiger partial charge in [0, 0.05) is 12.8 Å². The molecule has 3 rings (SSSR count). The number of aliphatic hydroxyl groups excluding tert-OH is 1. The van der Waals surface area contributed by atoms with Gasteiger partial charge in [0.15, 0.2) is 0 Å². The minimum absolute atomic E-state index is 0.0188. The third kappa shape index (κ3) is 7.41. The number of hydrogen-bond acceptors (Lipinski definition) is 6. The fourth-order valence-electron chi connectivity index (χ4n) is 3.79. The summed E-state index contributed by atoms with van der Waals surface area (Å²) in [6.45, 7) is 0. The highest BCUT2D eigenvalue weighted by Crippen LogP contribution is 2.34. The lowest BCUT2D eigenvalue weighted by molar-refractivity contribution is -0.137. The average Bonchev–Trinajstić information content (AvgIpc) is 3.13. The first-order valence-electron chi connectivity index (χ1n) is 10.7. The van der Waals surface area contributed by atoms with Gasteiger partial charge < -0.3 is 9.84 Å². The number of carbonyl (C=O) groups is 2. The number of ketones is 1. The van der Waals surface area contributed by atoms with Crippen molar-refractivity contribution in [1.29, 1.82) is 0 Å². The van der Waals surface area contributed by atoms with Crippen LogP contribution in [0.15, 0.2) is 54.6 Å². The Kier molecular flexibility index (Phi) is 9.50. The summed E-state index contributed by atoms with van der Waals surface area (Å²) in [6.07, 6.45) is 6.33. The first kappa shape index (κ1) is 23.9. The number of hydrogen-bond donors (Lipinski definition) is 1. The maximum absolute atomic E-state index is 12.3. The number of Topliss-reactive ketones (excluding diaryl/α,β-unsaturated/α-hetero) is 1. The van der Waals surface area contributed by atoms with Crippen LogP contribution in [-0.4, -0.2) is 52.6 Å². The van der Waals surface area contributed by atoms with Gasteiger partial charge in [-0.15, -0.1) is 11.8 Å². The second kappa shape index (κ2) is 12.3. The highest BCUT2D eigenvalue weighted by molar-refractivity contribution is 8.01. The number of fused-ring (bicyclic) bond motifs is 1. The molecular weight excluding hydrogens is 428 g/mol. The number of methoxy groups -OCH3 is 1. The van der Waals surface area contributed by atoms with Crippen LogP contribution in [0.3, 0.4) is 0 Å². The molecule has 2 aromatic rings. The van der Waals surface area contributed by atoms with E-state index < -0.39 is 6.10 Å². The van der Waals surface area contributed by atoms with Gasteiger partial charge in [-0.1, -0.05) is 54.6 Å². The van der Waals surface area contributed by atoms with Crippen molar-refractivity contribution in [2.24, 2.45) is 5.92 Å². The maximum Gasteiger partial charge on any atom is 0.315 e. The highest BCUT2D eigenvalue weighted by atomic mass is 32.2. The molecule has 1 unspecified atom stereocenters. The van der Waals surface area contributed by atoms with Crippen LogP contribution in [0, 0.1) is 5.92 Å². The van der Waals surface area contributed by atoms with Crippen LogP contribution >= 0.6 is 23.5 Å². The van der Waals surface area contributed by atoms with E-state index >= 15 is 0 Å². The number of benzene rings is 2. The zero-order valence-corrected chi connectivity index (χ0v) is 19.5. The summed E-state index contributed by atoms with van der Waals surface area (Å²) >= 11 is 3.28. The molecule has 0 radical (unpaired) electrons. The van der Waals surface area contributed by atoms with Gasteiger partial charge in [-0.05, 0) is 46.6 Å². The van der Waals surface area contributed by atoms with Gasteiger partial charge in [0.2, 0.25) is 0 Å². The van der Waals surface area contributed by atoms with E-state index in [0.29, 0.717) is 24.4 Å². The van der Waals surface area contributed by atoms with Crippen molar-refractivity contribution in [3.8, 4) is 0 Å². The van der Waals surface area contributed by atoms with E-state index in [1.165, 1.54) is 17.9 Å². The van der Waals surface area contributed by atoms with E-state index in [4.69, 9.17) is 0 Å². The lowest BCUT2D eigenvalue weighted by Crippen LogP contribution is -2.17. The summed E-state index contributed by atoms with van der Waals surface area (Å²) in [7, 11) is 1.40. The third-order valence-electron chi connectivity index (χ3n) is 5.45. The molecule has 1 aliphatic carbocycles. The van der Waals surface area contributed by atoms with E-state index in [1.54, 1.807) is 23.5 Å². The van der Waals surface area contributed by atoms with Crippen LogP contribution in [0.25, 0.3) is 10.8 Å². The summed E-state index contributed by atoms with van der Waals surface area (Å²) in [6, 6.07) is 14.5. The molecule has 3 atom stereocenters. The molecule has 2 aromatic carbocycles. The number of carbonyl (C=O) groups excluding carboxylic acids is 2.